The van der Waals surface area contributed by atoms with Crippen LogP contribution in [0.25, 0.3) is 0 Å². The number of nitrogens with zero attached hydrogens (tertiary/aromatic N) is 2. The lowest BCUT2D eigenvalue weighted by molar-refractivity contribution is -0.140. The summed E-state index contributed by atoms with van der Waals surface area (Å²) in [7, 11) is 0. The van der Waals surface area contributed by atoms with Crippen LogP contribution in [0.15, 0.2) is 4.99 Å². The van der Waals surface area contributed by atoms with Crippen molar-refractivity contribution in [2.75, 3.05) is 119 Å². The molecule has 0 saturated carbocycles. The zero-order chi connectivity index (χ0) is 43.1. The SMILES string of the molecule is CC(C)C(=O)[C@H](C)NC(=O)C(=NC(=O)CCOCCOCCOCCOCCOCCOCCOCCOCCNC(=O)CCN1C(=O)CC(C(C)C)C1=O)C(C)C. The first kappa shape index (κ1) is 52.8. The van der Waals surface area contributed by atoms with E-state index in [-0.39, 0.29) is 85.3 Å². The summed E-state index contributed by atoms with van der Waals surface area (Å²) in [6.45, 7) is 19.0. The van der Waals surface area contributed by atoms with E-state index in [1.54, 1.807) is 34.6 Å². The van der Waals surface area contributed by atoms with Crippen LogP contribution in [0, 0.1) is 23.7 Å². The summed E-state index contributed by atoms with van der Waals surface area (Å²) < 4.78 is 43.7. The molecule has 1 aliphatic heterocycles. The molecule has 0 aromatic heterocycles. The molecule has 0 aromatic rings. The van der Waals surface area contributed by atoms with Gasteiger partial charge in [-0.3, -0.25) is 33.7 Å². The lowest BCUT2D eigenvalue weighted by Gasteiger charge is -2.17. The number of ketones is 1. The van der Waals surface area contributed by atoms with Gasteiger partial charge in [-0.25, -0.2) is 4.99 Å². The molecule has 5 amide bonds. The average Bonchev–Trinajstić information content (AvgIpc) is 3.47. The van der Waals surface area contributed by atoms with Gasteiger partial charge in [0.25, 0.3) is 5.91 Å². The van der Waals surface area contributed by atoms with Crippen molar-refractivity contribution >= 4 is 41.0 Å². The molecule has 2 atom stereocenters. The van der Waals surface area contributed by atoms with Crippen molar-refractivity contribution in [2.24, 2.45) is 28.7 Å². The summed E-state index contributed by atoms with van der Waals surface area (Å²) >= 11 is 0. The number of aliphatic imine (C=N–C) groups is 1. The molecule has 1 heterocycles. The van der Waals surface area contributed by atoms with Gasteiger partial charge >= 0.3 is 0 Å². The maximum Gasteiger partial charge on any atom is 0.266 e. The topological polar surface area (TPSA) is 216 Å². The zero-order valence-corrected chi connectivity index (χ0v) is 35.8. The minimum absolute atomic E-state index is 0.0199. The molecule has 0 bridgehead atoms. The van der Waals surface area contributed by atoms with Gasteiger partial charge in [0.15, 0.2) is 5.78 Å². The van der Waals surface area contributed by atoms with Crippen LogP contribution in [-0.2, 0) is 66.7 Å². The Kier molecular flexibility index (Phi) is 29.7. The minimum atomic E-state index is -0.665. The molecule has 334 valence electrons. The third-order valence-corrected chi connectivity index (χ3v) is 8.65. The average molecular weight is 831 g/mol. The number of imide groups is 1. The van der Waals surface area contributed by atoms with E-state index >= 15 is 0 Å². The second-order valence-electron chi connectivity index (χ2n) is 14.5. The quantitative estimate of drug-likeness (QED) is 0.0519. The Balaban J connectivity index is 1.84. The maximum atomic E-state index is 12.6. The van der Waals surface area contributed by atoms with Crippen LogP contribution in [0.4, 0.5) is 0 Å². The van der Waals surface area contributed by atoms with E-state index in [1.807, 2.05) is 13.8 Å². The van der Waals surface area contributed by atoms with E-state index in [9.17, 15) is 28.8 Å². The fraction of sp³-hybridized carbons (Fsp3) is 0.825. The van der Waals surface area contributed by atoms with Gasteiger partial charge in [0.1, 0.15) is 5.71 Å². The number of Topliss-reactive ketones (excluding diaryl/α,β-unsaturated/α-hetero) is 1. The first-order valence-corrected chi connectivity index (χ1v) is 20.4. The molecule has 18 nitrogen and oxygen atoms in total. The smallest absolute Gasteiger partial charge is 0.266 e. The molecule has 0 aliphatic carbocycles. The summed E-state index contributed by atoms with van der Waals surface area (Å²) in [6, 6.07) is -0.665. The Morgan fingerprint density at radius 2 is 1.05 bits per heavy atom. The molecule has 18 heteroatoms. The van der Waals surface area contributed by atoms with Gasteiger partial charge in [0.2, 0.25) is 23.6 Å². The Morgan fingerprint density at radius 3 is 1.45 bits per heavy atom. The minimum Gasteiger partial charge on any atom is -0.379 e. The third kappa shape index (κ3) is 24.6. The summed E-state index contributed by atoms with van der Waals surface area (Å²) in [5, 5.41) is 5.35. The summed E-state index contributed by atoms with van der Waals surface area (Å²) in [5.41, 5.74) is 0.0866. The Labute approximate surface area is 344 Å². The first-order valence-electron chi connectivity index (χ1n) is 20.4. The van der Waals surface area contributed by atoms with E-state index < -0.39 is 17.9 Å². The molecule has 58 heavy (non-hydrogen) atoms. The third-order valence-electron chi connectivity index (χ3n) is 8.65. The first-order chi connectivity index (χ1) is 27.8. The van der Waals surface area contributed by atoms with Crippen molar-refractivity contribution < 1.29 is 66.7 Å². The van der Waals surface area contributed by atoms with Crippen LogP contribution >= 0.6 is 0 Å². The van der Waals surface area contributed by atoms with E-state index in [0.29, 0.717) is 106 Å². The van der Waals surface area contributed by atoms with Crippen LogP contribution in [0.1, 0.15) is 67.7 Å². The number of amides is 5. The molecule has 1 unspecified atom stereocenters. The molecule has 2 N–H and O–H groups in total. The second kappa shape index (κ2) is 32.6. The van der Waals surface area contributed by atoms with Gasteiger partial charge in [0.05, 0.1) is 118 Å². The van der Waals surface area contributed by atoms with E-state index in [0.717, 1.165) is 0 Å². The number of carbonyl (C=O) groups excluding carboxylic acids is 6. The van der Waals surface area contributed by atoms with Crippen molar-refractivity contribution in [3.05, 3.63) is 0 Å². The van der Waals surface area contributed by atoms with Crippen LogP contribution in [0.2, 0.25) is 0 Å². The molecular formula is C40H70N4O14. The molecule has 0 radical (unpaired) electrons. The second-order valence-corrected chi connectivity index (χ2v) is 14.5. The highest BCUT2D eigenvalue weighted by molar-refractivity contribution is 6.41. The van der Waals surface area contributed by atoms with Crippen molar-refractivity contribution in [2.45, 2.75) is 73.8 Å². The van der Waals surface area contributed by atoms with Crippen molar-refractivity contribution in [1.29, 1.82) is 0 Å². The van der Waals surface area contributed by atoms with Gasteiger partial charge in [-0.15, -0.1) is 0 Å². The van der Waals surface area contributed by atoms with Crippen molar-refractivity contribution in [3.8, 4) is 0 Å². The molecule has 0 spiro atoms. The molecule has 1 saturated heterocycles. The Bertz CT molecular complexity index is 1250. The molecule has 0 aromatic carbocycles. The van der Waals surface area contributed by atoms with E-state index in [4.69, 9.17) is 37.9 Å². The number of hydrogen-bond donors (Lipinski definition) is 2. The van der Waals surface area contributed by atoms with Crippen molar-refractivity contribution in [1.82, 2.24) is 15.5 Å². The summed E-state index contributed by atoms with van der Waals surface area (Å²) in [5.74, 6) is -2.42. The van der Waals surface area contributed by atoms with Gasteiger partial charge in [-0.2, -0.15) is 0 Å². The number of likely N-dealkylation sites (tertiary alicyclic amines) is 1. The van der Waals surface area contributed by atoms with Crippen LogP contribution < -0.4 is 10.6 Å². The molecular weight excluding hydrogens is 760 g/mol. The lowest BCUT2D eigenvalue weighted by Crippen LogP contribution is -2.45. The number of nitrogens with one attached hydrogen (secondary N) is 2. The predicted octanol–water partition coefficient (Wildman–Crippen LogP) is 1.40. The van der Waals surface area contributed by atoms with Gasteiger partial charge in [0, 0.05) is 43.7 Å². The highest BCUT2D eigenvalue weighted by Gasteiger charge is 2.39. The van der Waals surface area contributed by atoms with E-state index in [2.05, 4.69) is 15.6 Å². The Morgan fingerprint density at radius 1 is 0.621 bits per heavy atom. The number of carbonyl (C=O) groups is 6. The van der Waals surface area contributed by atoms with Crippen molar-refractivity contribution in [3.63, 3.8) is 0 Å². The van der Waals surface area contributed by atoms with E-state index in [1.165, 1.54) is 4.90 Å². The Hall–Kier alpha value is -3.23. The highest BCUT2D eigenvalue weighted by atomic mass is 16.6. The maximum absolute atomic E-state index is 12.6. The monoisotopic (exact) mass is 830 g/mol. The number of rotatable bonds is 36. The lowest BCUT2D eigenvalue weighted by atomic mass is 9.94. The zero-order valence-electron chi connectivity index (χ0n) is 35.8. The normalized spacial score (nSPS) is 15.2. The van der Waals surface area contributed by atoms with Gasteiger partial charge in [-0.05, 0) is 12.8 Å². The molecule has 1 fully saturated rings. The van der Waals surface area contributed by atoms with Gasteiger partial charge < -0.3 is 48.5 Å². The van der Waals surface area contributed by atoms with Crippen LogP contribution in [-0.4, -0.2) is 171 Å². The van der Waals surface area contributed by atoms with Gasteiger partial charge in [-0.1, -0.05) is 41.5 Å². The number of ether oxygens (including phenoxy) is 8. The summed E-state index contributed by atoms with van der Waals surface area (Å²) in [6.07, 6.45) is 0.309. The predicted molar refractivity (Wildman–Crippen MR) is 213 cm³/mol. The summed E-state index contributed by atoms with van der Waals surface area (Å²) in [4.78, 5) is 78.5. The molecule has 1 rings (SSSR count). The standard InChI is InChI=1S/C40H70N4O14/c1-29(2)33-28-36(47)44(40(33)50)11-8-34(45)41-10-13-52-15-17-54-19-21-56-23-25-58-27-26-57-24-22-55-20-18-53-16-14-51-12-9-35(46)43-37(30(3)4)39(49)42-32(7)38(48)31(5)6/h29-33H,8-28H2,1-7H3,(H,41,45)(H,42,49)/t32-,33?/m0/s1. The molecule has 1 aliphatic rings. The van der Waals surface area contributed by atoms with Crippen LogP contribution in [0.5, 0.6) is 0 Å². The fourth-order valence-electron chi connectivity index (χ4n) is 5.30. The number of hydrogen-bond acceptors (Lipinski definition) is 14. The van der Waals surface area contributed by atoms with Crippen LogP contribution in [0.3, 0.4) is 0 Å². The highest BCUT2D eigenvalue weighted by Crippen LogP contribution is 2.26. The largest absolute Gasteiger partial charge is 0.379 e. The fourth-order valence-corrected chi connectivity index (χ4v) is 5.30.